The van der Waals surface area contributed by atoms with Crippen LogP contribution in [-0.4, -0.2) is 53.5 Å². The Balaban J connectivity index is 2.19. The van der Waals surface area contributed by atoms with Crippen molar-refractivity contribution in [3.8, 4) is 0 Å². The van der Waals surface area contributed by atoms with E-state index in [-0.39, 0.29) is 24.4 Å². The molecule has 0 saturated heterocycles. The lowest BCUT2D eigenvalue weighted by molar-refractivity contribution is 0.0241. The van der Waals surface area contributed by atoms with Crippen LogP contribution in [-0.2, 0) is 11.3 Å². The van der Waals surface area contributed by atoms with Crippen molar-refractivity contribution in [1.29, 1.82) is 0 Å². The maximum atomic E-state index is 12.3. The number of nitrogens with two attached hydrogens (primary N) is 1. The summed E-state index contributed by atoms with van der Waals surface area (Å²) in [6.07, 6.45) is 0.121. The van der Waals surface area contributed by atoms with Crippen molar-refractivity contribution in [2.75, 3.05) is 6.54 Å². The Morgan fingerprint density at radius 3 is 2.64 bits per heavy atom. The lowest BCUT2D eigenvalue weighted by atomic mass is 10.2. The Labute approximate surface area is 140 Å². The summed E-state index contributed by atoms with van der Waals surface area (Å²) in [5, 5.41) is 10.4. The summed E-state index contributed by atoms with van der Waals surface area (Å²) in [5.74, 6) is -0.852. The molecule has 0 aromatic carbocycles. The highest BCUT2D eigenvalue weighted by molar-refractivity contribution is 5.96. The Morgan fingerprint density at radius 2 is 2.08 bits per heavy atom. The fraction of sp³-hybridized carbons (Fsp3) is 0.500. The van der Waals surface area contributed by atoms with Crippen LogP contribution in [0.2, 0.25) is 0 Å². The van der Waals surface area contributed by atoms with Crippen LogP contribution in [0.25, 0.3) is 5.65 Å². The molecule has 0 saturated carbocycles. The molecule has 25 heavy (non-hydrogen) atoms. The zero-order valence-electron chi connectivity index (χ0n) is 13.7. The first-order valence-electron chi connectivity index (χ1n) is 7.08. The lowest BCUT2D eigenvalue weighted by Crippen LogP contribution is -2.38. The third-order valence-corrected chi connectivity index (χ3v) is 2.88. The molecule has 2 heterocycles. The van der Waals surface area contributed by atoms with Crippen molar-refractivity contribution >= 4 is 17.6 Å². The number of nitrogens with zero attached hydrogens (tertiary/aromatic N) is 7. The number of nitroso groups, excluding NO2 is 1. The van der Waals surface area contributed by atoms with Gasteiger partial charge in [-0.15, -0.1) is 10.0 Å². The molecule has 0 atom stereocenters. The van der Waals surface area contributed by atoms with Gasteiger partial charge in [0, 0.05) is 0 Å². The summed E-state index contributed by atoms with van der Waals surface area (Å²) in [6, 6.07) is 0. The molecule has 0 aliphatic heterocycles. The minimum atomic E-state index is -0.955. The molecular weight excluding hydrogens is 336 g/mol. The number of amides is 2. The molecule has 0 bridgehead atoms. The predicted molar refractivity (Wildman–Crippen MR) is 82.3 cm³/mol. The number of rotatable bonds is 5. The van der Waals surface area contributed by atoms with Crippen molar-refractivity contribution in [2.24, 2.45) is 11.0 Å². The predicted octanol–water partition coefficient (Wildman–Crippen LogP) is -0.697. The molecule has 2 aromatic heterocycles. The fourth-order valence-corrected chi connectivity index (χ4v) is 1.82. The quantitative estimate of drug-likeness (QED) is 0.544. The first-order valence-corrected chi connectivity index (χ1v) is 7.08. The number of imidazole rings is 1. The van der Waals surface area contributed by atoms with E-state index in [1.165, 1.54) is 0 Å². The first-order chi connectivity index (χ1) is 11.6. The Morgan fingerprint density at radius 1 is 1.40 bits per heavy atom. The number of hydrogen-bond acceptors (Lipinski definition) is 9. The van der Waals surface area contributed by atoms with Crippen molar-refractivity contribution in [1.82, 2.24) is 29.4 Å². The summed E-state index contributed by atoms with van der Waals surface area (Å²) in [4.78, 5) is 49.7. The van der Waals surface area contributed by atoms with Crippen LogP contribution in [0.5, 0.6) is 0 Å². The van der Waals surface area contributed by atoms with Crippen LogP contribution in [0.3, 0.4) is 0 Å². The number of fused-ring (bicyclic) bond motifs is 1. The molecule has 2 rings (SSSR count). The first kappa shape index (κ1) is 18.0. The molecule has 0 fully saturated rings. The van der Waals surface area contributed by atoms with Gasteiger partial charge in [0.1, 0.15) is 11.9 Å². The van der Waals surface area contributed by atoms with Gasteiger partial charge in [0.25, 0.3) is 5.91 Å². The van der Waals surface area contributed by atoms with Gasteiger partial charge in [-0.2, -0.15) is 9.69 Å². The molecular formula is C12H16N8O5. The molecule has 0 unspecified atom stereocenters. The van der Waals surface area contributed by atoms with E-state index in [0.717, 1.165) is 15.4 Å². The van der Waals surface area contributed by atoms with Crippen LogP contribution in [0.15, 0.2) is 16.4 Å². The summed E-state index contributed by atoms with van der Waals surface area (Å²) in [7, 11) is 0. The molecule has 0 aliphatic rings. The Hall–Kier alpha value is -3.38. The summed E-state index contributed by atoms with van der Waals surface area (Å²) in [5.41, 5.74) is 3.34. The molecule has 0 spiro atoms. The van der Waals surface area contributed by atoms with E-state index in [1.54, 1.807) is 20.8 Å². The van der Waals surface area contributed by atoms with E-state index < -0.39 is 23.3 Å². The molecule has 134 valence electrons. The molecule has 0 radical (unpaired) electrons. The summed E-state index contributed by atoms with van der Waals surface area (Å²) in [6.45, 7) is 4.44. The molecule has 2 aromatic rings. The maximum Gasteiger partial charge on any atom is 0.433 e. The highest BCUT2D eigenvalue weighted by atomic mass is 16.6. The lowest BCUT2D eigenvalue weighted by Gasteiger charge is -2.22. The van der Waals surface area contributed by atoms with Crippen LogP contribution < -0.4 is 11.4 Å². The molecule has 2 amide bonds. The second-order valence-electron chi connectivity index (χ2n) is 5.93. The van der Waals surface area contributed by atoms with E-state index in [4.69, 9.17) is 10.5 Å². The van der Waals surface area contributed by atoms with E-state index in [0.29, 0.717) is 5.01 Å². The number of hydrogen-bond donors (Lipinski definition) is 1. The van der Waals surface area contributed by atoms with Gasteiger partial charge in [0.2, 0.25) is 0 Å². The van der Waals surface area contributed by atoms with Gasteiger partial charge in [-0.25, -0.2) is 19.0 Å². The van der Waals surface area contributed by atoms with E-state index in [2.05, 4.69) is 20.6 Å². The maximum absolute atomic E-state index is 12.3. The van der Waals surface area contributed by atoms with Gasteiger partial charge in [-0.1, -0.05) is 5.21 Å². The zero-order valence-corrected chi connectivity index (χ0v) is 13.7. The van der Waals surface area contributed by atoms with Crippen LogP contribution >= 0.6 is 0 Å². The smallest absolute Gasteiger partial charge is 0.433 e. The molecule has 2 N–H and O–H groups in total. The second kappa shape index (κ2) is 6.62. The van der Waals surface area contributed by atoms with E-state index >= 15 is 0 Å². The number of ether oxygens (including phenoxy) is 1. The van der Waals surface area contributed by atoms with Gasteiger partial charge >= 0.3 is 11.8 Å². The third-order valence-electron chi connectivity index (χ3n) is 2.88. The van der Waals surface area contributed by atoms with Gasteiger partial charge < -0.3 is 10.5 Å². The largest absolute Gasteiger partial charge is 0.442 e. The highest BCUT2D eigenvalue weighted by Crippen LogP contribution is 2.10. The minimum Gasteiger partial charge on any atom is -0.442 e. The highest BCUT2D eigenvalue weighted by Gasteiger charge is 2.23. The molecule has 13 heteroatoms. The number of carbonyl (C=O) groups is 2. The molecule has 0 aliphatic carbocycles. The SMILES string of the molecule is CC(C)(C)OC(=O)N(CCn1nnc2c(C(N)=O)ncn2c1=O)N=O. The number of primary amides is 1. The Kier molecular flexibility index (Phi) is 4.76. The number of aromatic nitrogens is 5. The zero-order chi connectivity index (χ0) is 18.8. The van der Waals surface area contributed by atoms with Crippen LogP contribution in [0.1, 0.15) is 31.3 Å². The second-order valence-corrected chi connectivity index (χ2v) is 5.93. The average Bonchev–Trinajstić information content (AvgIpc) is 2.93. The van der Waals surface area contributed by atoms with Crippen molar-refractivity contribution in [2.45, 2.75) is 32.9 Å². The monoisotopic (exact) mass is 352 g/mol. The van der Waals surface area contributed by atoms with Crippen LogP contribution in [0.4, 0.5) is 4.79 Å². The van der Waals surface area contributed by atoms with Crippen LogP contribution in [0, 0.1) is 4.91 Å². The van der Waals surface area contributed by atoms with E-state index in [9.17, 15) is 19.3 Å². The van der Waals surface area contributed by atoms with E-state index in [1.807, 2.05) is 0 Å². The topological polar surface area (TPSA) is 167 Å². The van der Waals surface area contributed by atoms with Gasteiger partial charge in [0.05, 0.1) is 18.4 Å². The third kappa shape index (κ3) is 3.94. The standard InChI is InChI=1S/C12H16N8O5/c1-12(2,3)25-11(23)20(17-24)5-4-19-10(22)18-6-14-7(8(13)21)9(18)15-16-19/h6H,4-5H2,1-3H3,(H2,13,21). The van der Waals surface area contributed by atoms with Gasteiger partial charge in [0.15, 0.2) is 11.3 Å². The summed E-state index contributed by atoms with van der Waals surface area (Å²) >= 11 is 0. The van der Waals surface area contributed by atoms with Gasteiger partial charge in [-0.3, -0.25) is 4.79 Å². The minimum absolute atomic E-state index is 0.0914. The number of carbonyl (C=O) groups excluding carboxylic acids is 2. The van der Waals surface area contributed by atoms with Crippen molar-refractivity contribution < 1.29 is 14.3 Å². The fourth-order valence-electron chi connectivity index (χ4n) is 1.82. The normalized spacial score (nSPS) is 11.3. The van der Waals surface area contributed by atoms with Crippen molar-refractivity contribution in [3.63, 3.8) is 0 Å². The molecule has 13 nitrogen and oxygen atoms in total. The van der Waals surface area contributed by atoms with Gasteiger partial charge in [-0.05, 0) is 20.8 Å². The summed E-state index contributed by atoms with van der Waals surface area (Å²) < 4.78 is 6.86. The Bertz CT molecular complexity index is 880. The van der Waals surface area contributed by atoms with Crippen molar-refractivity contribution in [3.05, 3.63) is 27.4 Å². The average molecular weight is 352 g/mol.